The molecule has 0 spiro atoms. The van der Waals surface area contributed by atoms with E-state index in [1.165, 1.54) is 29.1 Å². The largest absolute Gasteiger partial charge is 0.354 e. The molecule has 106 valence electrons. The van der Waals surface area contributed by atoms with Crippen molar-refractivity contribution in [3.8, 4) is 0 Å². The highest BCUT2D eigenvalue weighted by molar-refractivity contribution is 7.99. The topological polar surface area (TPSA) is 55.0 Å². The summed E-state index contributed by atoms with van der Waals surface area (Å²) in [4.78, 5) is 2.29. The molecule has 0 aromatic carbocycles. The second-order valence-corrected chi connectivity index (χ2v) is 6.12. The molecule has 1 unspecified atom stereocenters. The van der Waals surface area contributed by atoms with E-state index in [4.69, 9.17) is 5.73 Å². The molecular weight excluding hydrogens is 256 g/mol. The van der Waals surface area contributed by atoms with Crippen LogP contribution in [-0.4, -0.2) is 34.8 Å². The van der Waals surface area contributed by atoms with Crippen molar-refractivity contribution in [1.29, 1.82) is 0 Å². The molecule has 4 nitrogen and oxygen atoms in total. The lowest BCUT2D eigenvalue weighted by Gasteiger charge is -2.27. The third kappa shape index (κ3) is 2.87. The summed E-state index contributed by atoms with van der Waals surface area (Å²) in [6, 6.07) is 0.571. The van der Waals surface area contributed by atoms with E-state index in [9.17, 15) is 0 Å². The zero-order chi connectivity index (χ0) is 13.8. The van der Waals surface area contributed by atoms with E-state index >= 15 is 0 Å². The second-order valence-electron chi connectivity index (χ2n) is 4.97. The van der Waals surface area contributed by atoms with Crippen LogP contribution in [0.4, 0.5) is 5.82 Å². The summed E-state index contributed by atoms with van der Waals surface area (Å²) in [5.41, 5.74) is 9.57. The van der Waals surface area contributed by atoms with E-state index < -0.39 is 0 Å². The van der Waals surface area contributed by atoms with Crippen molar-refractivity contribution in [2.75, 3.05) is 23.5 Å². The number of rotatable bonds is 5. The van der Waals surface area contributed by atoms with E-state index in [2.05, 4.69) is 36.0 Å². The summed E-state index contributed by atoms with van der Waals surface area (Å²) in [6.07, 6.45) is 3.13. The standard InChI is InChI=1S/C14H24N4S/c1-4-11-12(8-15)14(17-16-13(11)5-2)18(3)10-6-7-19-9-10/h10H,4-9,15H2,1-3H3. The smallest absolute Gasteiger partial charge is 0.156 e. The fourth-order valence-electron chi connectivity index (χ4n) is 2.74. The molecule has 0 amide bonds. The van der Waals surface area contributed by atoms with Crippen LogP contribution in [0.3, 0.4) is 0 Å². The molecule has 1 aliphatic heterocycles. The van der Waals surface area contributed by atoms with Crippen molar-refractivity contribution in [3.05, 3.63) is 16.8 Å². The summed E-state index contributed by atoms with van der Waals surface area (Å²) in [5, 5.41) is 8.88. The van der Waals surface area contributed by atoms with E-state index in [1.807, 2.05) is 11.8 Å². The Labute approximate surface area is 120 Å². The number of nitrogens with two attached hydrogens (primary N) is 1. The van der Waals surface area contributed by atoms with E-state index in [1.54, 1.807) is 0 Å². The molecule has 1 aromatic rings. The SMILES string of the molecule is CCc1nnc(N(C)C2CCSC2)c(CN)c1CC. The second kappa shape index (κ2) is 6.57. The van der Waals surface area contributed by atoms with Crippen molar-refractivity contribution in [1.82, 2.24) is 10.2 Å². The van der Waals surface area contributed by atoms with Crippen molar-refractivity contribution < 1.29 is 0 Å². The van der Waals surface area contributed by atoms with Gasteiger partial charge in [0.2, 0.25) is 0 Å². The van der Waals surface area contributed by atoms with Crippen molar-refractivity contribution >= 4 is 17.6 Å². The molecule has 2 heterocycles. The van der Waals surface area contributed by atoms with Gasteiger partial charge in [0.1, 0.15) is 0 Å². The van der Waals surface area contributed by atoms with Crippen LogP contribution in [0.1, 0.15) is 37.1 Å². The monoisotopic (exact) mass is 280 g/mol. The highest BCUT2D eigenvalue weighted by atomic mass is 32.2. The van der Waals surface area contributed by atoms with Crippen LogP contribution in [0.5, 0.6) is 0 Å². The maximum Gasteiger partial charge on any atom is 0.156 e. The van der Waals surface area contributed by atoms with Gasteiger partial charge < -0.3 is 10.6 Å². The van der Waals surface area contributed by atoms with Gasteiger partial charge in [-0.25, -0.2) is 0 Å². The fraction of sp³-hybridized carbons (Fsp3) is 0.714. The molecule has 1 atom stereocenters. The summed E-state index contributed by atoms with van der Waals surface area (Å²) < 4.78 is 0. The summed E-state index contributed by atoms with van der Waals surface area (Å²) in [6.45, 7) is 4.84. The van der Waals surface area contributed by atoms with E-state index in [-0.39, 0.29) is 0 Å². The van der Waals surface area contributed by atoms with Crippen LogP contribution in [0.2, 0.25) is 0 Å². The lowest BCUT2D eigenvalue weighted by atomic mass is 10.0. The number of aromatic nitrogens is 2. The summed E-state index contributed by atoms with van der Waals surface area (Å²) >= 11 is 2.02. The minimum atomic E-state index is 0.547. The van der Waals surface area contributed by atoms with Crippen LogP contribution in [-0.2, 0) is 19.4 Å². The first-order chi connectivity index (χ1) is 9.22. The van der Waals surface area contributed by atoms with Crippen molar-refractivity contribution in [3.63, 3.8) is 0 Å². The van der Waals surface area contributed by atoms with Crippen LogP contribution >= 0.6 is 11.8 Å². The predicted octanol–water partition coefficient (Wildman–Crippen LogP) is 2.00. The quantitative estimate of drug-likeness (QED) is 0.894. The van der Waals surface area contributed by atoms with Gasteiger partial charge in [0.25, 0.3) is 0 Å². The first-order valence-electron chi connectivity index (χ1n) is 7.10. The Morgan fingerprint density at radius 3 is 2.58 bits per heavy atom. The molecule has 0 radical (unpaired) electrons. The normalized spacial score (nSPS) is 18.8. The molecule has 2 N–H and O–H groups in total. The average Bonchev–Trinajstić information content (AvgIpc) is 2.98. The lowest BCUT2D eigenvalue weighted by Crippen LogP contribution is -2.34. The number of hydrogen-bond acceptors (Lipinski definition) is 5. The first-order valence-corrected chi connectivity index (χ1v) is 8.26. The Balaban J connectivity index is 2.38. The molecule has 1 fully saturated rings. The molecule has 2 rings (SSSR count). The number of aryl methyl sites for hydroxylation is 1. The Morgan fingerprint density at radius 2 is 2.05 bits per heavy atom. The van der Waals surface area contributed by atoms with Gasteiger partial charge in [-0.3, -0.25) is 0 Å². The minimum Gasteiger partial charge on any atom is -0.354 e. The third-order valence-electron chi connectivity index (χ3n) is 3.93. The van der Waals surface area contributed by atoms with Gasteiger partial charge in [-0.1, -0.05) is 13.8 Å². The molecule has 19 heavy (non-hydrogen) atoms. The molecule has 1 aliphatic rings. The number of hydrogen-bond donors (Lipinski definition) is 1. The van der Waals surface area contributed by atoms with Crippen molar-refractivity contribution in [2.24, 2.45) is 5.73 Å². The zero-order valence-electron chi connectivity index (χ0n) is 12.1. The zero-order valence-corrected chi connectivity index (χ0v) is 13.0. The minimum absolute atomic E-state index is 0.547. The predicted molar refractivity (Wildman–Crippen MR) is 82.8 cm³/mol. The summed E-state index contributed by atoms with van der Waals surface area (Å²) in [5.74, 6) is 3.41. The molecule has 1 aromatic heterocycles. The Morgan fingerprint density at radius 1 is 1.26 bits per heavy atom. The van der Waals surface area contributed by atoms with Gasteiger partial charge in [0, 0.05) is 31.0 Å². The van der Waals surface area contributed by atoms with Gasteiger partial charge in [-0.05, 0) is 30.6 Å². The Bertz CT molecular complexity index is 430. The molecule has 0 aliphatic carbocycles. The van der Waals surface area contributed by atoms with Gasteiger partial charge in [-0.15, -0.1) is 5.10 Å². The Hall–Kier alpha value is -0.810. The third-order valence-corrected chi connectivity index (χ3v) is 5.07. The van der Waals surface area contributed by atoms with Crippen LogP contribution in [0.15, 0.2) is 0 Å². The number of thioether (sulfide) groups is 1. The average molecular weight is 280 g/mol. The van der Waals surface area contributed by atoms with Gasteiger partial charge >= 0.3 is 0 Å². The van der Waals surface area contributed by atoms with Crippen molar-refractivity contribution in [2.45, 2.75) is 45.7 Å². The lowest BCUT2D eigenvalue weighted by molar-refractivity contribution is 0.675. The maximum atomic E-state index is 5.99. The van der Waals surface area contributed by atoms with Gasteiger partial charge in [0.05, 0.1) is 5.69 Å². The molecule has 0 saturated carbocycles. The highest BCUT2D eigenvalue weighted by Crippen LogP contribution is 2.29. The number of nitrogens with zero attached hydrogens (tertiary/aromatic N) is 3. The molecule has 0 bridgehead atoms. The maximum absolute atomic E-state index is 5.99. The molecule has 1 saturated heterocycles. The highest BCUT2D eigenvalue weighted by Gasteiger charge is 2.24. The van der Waals surface area contributed by atoms with Gasteiger partial charge in [0.15, 0.2) is 5.82 Å². The molecule has 5 heteroatoms. The molecular formula is C14H24N4S. The number of anilines is 1. The van der Waals surface area contributed by atoms with E-state index in [0.717, 1.165) is 24.4 Å². The van der Waals surface area contributed by atoms with Crippen LogP contribution in [0, 0.1) is 0 Å². The van der Waals surface area contributed by atoms with Crippen LogP contribution < -0.4 is 10.6 Å². The fourth-order valence-corrected chi connectivity index (χ4v) is 4.01. The van der Waals surface area contributed by atoms with Crippen LogP contribution in [0.25, 0.3) is 0 Å². The van der Waals surface area contributed by atoms with E-state index in [0.29, 0.717) is 12.6 Å². The Kier molecular flexibility index (Phi) is 5.05. The first kappa shape index (κ1) is 14.6. The summed E-state index contributed by atoms with van der Waals surface area (Å²) in [7, 11) is 2.13. The van der Waals surface area contributed by atoms with Gasteiger partial charge in [-0.2, -0.15) is 16.9 Å².